The Morgan fingerprint density at radius 3 is 2.69 bits per heavy atom. The van der Waals surface area contributed by atoms with Crippen molar-refractivity contribution in [3.63, 3.8) is 0 Å². The Bertz CT molecular complexity index is 1090. The lowest BCUT2D eigenvalue weighted by molar-refractivity contribution is 0.0994. The van der Waals surface area contributed by atoms with Crippen molar-refractivity contribution in [3.05, 3.63) is 67.2 Å². The first kappa shape index (κ1) is 23.7. The van der Waals surface area contributed by atoms with Gasteiger partial charge in [-0.2, -0.15) is 5.10 Å². The molecule has 2 aromatic heterocycles. The molecule has 1 aliphatic carbocycles. The van der Waals surface area contributed by atoms with Gasteiger partial charge >= 0.3 is 0 Å². The van der Waals surface area contributed by atoms with Crippen molar-refractivity contribution < 1.29 is 9.21 Å². The Balaban J connectivity index is 1.49. The molecule has 2 heterocycles. The fourth-order valence-corrected chi connectivity index (χ4v) is 5.90. The van der Waals surface area contributed by atoms with Gasteiger partial charge in [0.2, 0.25) is 0 Å². The number of hydrogen-bond acceptors (Lipinski definition) is 4. The van der Waals surface area contributed by atoms with E-state index in [1.807, 2.05) is 12.3 Å². The van der Waals surface area contributed by atoms with Crippen LogP contribution in [-0.2, 0) is 13.1 Å². The molecule has 6 nitrogen and oxygen atoms in total. The lowest BCUT2D eigenvalue weighted by Gasteiger charge is -2.31. The SMILES string of the molecule is CN(Cc1cc(Br)cc(Br)c1NC(=O)c1ccc(Cn2cc(Br)cn2)o1)C1CCCCC1. The summed E-state index contributed by atoms with van der Waals surface area (Å²) in [5.41, 5.74) is 1.83. The zero-order valence-corrected chi connectivity index (χ0v) is 22.5. The zero-order chi connectivity index (χ0) is 22.7. The fraction of sp³-hybridized carbons (Fsp3) is 0.391. The van der Waals surface area contributed by atoms with Crippen molar-refractivity contribution >= 4 is 59.4 Å². The average molecular weight is 629 g/mol. The van der Waals surface area contributed by atoms with Gasteiger partial charge in [0, 0.05) is 27.7 Å². The number of hydrogen-bond donors (Lipinski definition) is 1. The number of nitrogens with zero attached hydrogens (tertiary/aromatic N) is 3. The molecule has 1 aromatic carbocycles. The topological polar surface area (TPSA) is 63.3 Å². The summed E-state index contributed by atoms with van der Waals surface area (Å²) >= 11 is 10.6. The monoisotopic (exact) mass is 626 g/mol. The normalized spacial score (nSPS) is 14.8. The molecule has 0 atom stereocenters. The van der Waals surface area contributed by atoms with E-state index < -0.39 is 0 Å². The summed E-state index contributed by atoms with van der Waals surface area (Å²) < 4.78 is 10.2. The highest BCUT2D eigenvalue weighted by Crippen LogP contribution is 2.33. The number of benzene rings is 1. The third kappa shape index (κ3) is 5.92. The van der Waals surface area contributed by atoms with Crippen molar-refractivity contribution in [2.45, 2.75) is 51.2 Å². The predicted molar refractivity (Wildman–Crippen MR) is 136 cm³/mol. The van der Waals surface area contributed by atoms with Gasteiger partial charge in [0.25, 0.3) is 5.91 Å². The third-order valence-corrected chi connectivity index (χ3v) is 7.29. The van der Waals surface area contributed by atoms with Gasteiger partial charge in [-0.05, 0) is 81.6 Å². The summed E-state index contributed by atoms with van der Waals surface area (Å²) in [6.07, 6.45) is 9.94. The Kier molecular flexibility index (Phi) is 7.91. The molecule has 4 rings (SSSR count). The summed E-state index contributed by atoms with van der Waals surface area (Å²) in [6.45, 7) is 1.22. The first-order valence-electron chi connectivity index (χ1n) is 10.6. The molecule has 0 aliphatic heterocycles. The summed E-state index contributed by atoms with van der Waals surface area (Å²) in [5, 5.41) is 7.28. The molecular formula is C23H25Br3N4O2. The molecule has 0 saturated heterocycles. The van der Waals surface area contributed by atoms with Crippen molar-refractivity contribution in [3.8, 4) is 0 Å². The minimum absolute atomic E-state index is 0.271. The summed E-state index contributed by atoms with van der Waals surface area (Å²) in [7, 11) is 2.17. The number of anilines is 1. The maximum Gasteiger partial charge on any atom is 0.291 e. The van der Waals surface area contributed by atoms with Crippen LogP contribution in [-0.4, -0.2) is 33.7 Å². The standard InChI is InChI=1S/C23H25Br3N4O2/c1-29(18-5-3-2-4-6-18)12-15-9-16(24)10-20(26)22(15)28-23(31)21-8-7-19(32-21)14-30-13-17(25)11-27-30/h7-11,13,18H,2-6,12,14H2,1H3,(H,28,31). The van der Waals surface area contributed by atoms with Crippen molar-refractivity contribution in [2.75, 3.05) is 12.4 Å². The first-order valence-corrected chi connectivity index (χ1v) is 13.0. The fourth-order valence-electron chi connectivity index (χ4n) is 4.16. The molecule has 0 bridgehead atoms. The number of amides is 1. The van der Waals surface area contributed by atoms with Gasteiger partial charge in [-0.15, -0.1) is 0 Å². The Morgan fingerprint density at radius 2 is 1.97 bits per heavy atom. The number of rotatable bonds is 7. The van der Waals surface area contributed by atoms with Crippen LogP contribution in [0.1, 0.15) is 54.0 Å². The van der Waals surface area contributed by atoms with Crippen LogP contribution in [0.25, 0.3) is 0 Å². The number of furan rings is 1. The minimum atomic E-state index is -0.275. The van der Waals surface area contributed by atoms with E-state index in [1.54, 1.807) is 23.0 Å². The van der Waals surface area contributed by atoms with Crippen LogP contribution < -0.4 is 5.32 Å². The second-order valence-electron chi connectivity index (χ2n) is 8.20. The van der Waals surface area contributed by atoms with E-state index >= 15 is 0 Å². The molecule has 0 radical (unpaired) electrons. The second-order valence-corrected chi connectivity index (χ2v) is 10.9. The maximum atomic E-state index is 13.0. The number of carbonyl (C=O) groups is 1. The van der Waals surface area contributed by atoms with Gasteiger partial charge in [-0.1, -0.05) is 35.2 Å². The van der Waals surface area contributed by atoms with Crippen LogP contribution >= 0.6 is 47.8 Å². The van der Waals surface area contributed by atoms with E-state index in [0.717, 1.165) is 31.2 Å². The number of carbonyl (C=O) groups excluding carboxylic acids is 1. The molecule has 1 amide bonds. The third-order valence-electron chi connectivity index (χ3n) is 5.80. The van der Waals surface area contributed by atoms with Crippen molar-refractivity contribution in [2.24, 2.45) is 0 Å². The molecule has 9 heteroatoms. The van der Waals surface area contributed by atoms with Gasteiger partial charge in [0.05, 0.1) is 22.9 Å². The van der Waals surface area contributed by atoms with Crippen LogP contribution in [0.3, 0.4) is 0 Å². The maximum absolute atomic E-state index is 13.0. The van der Waals surface area contributed by atoms with Gasteiger partial charge in [-0.3, -0.25) is 14.4 Å². The summed E-state index contributed by atoms with van der Waals surface area (Å²) in [6, 6.07) is 8.11. The van der Waals surface area contributed by atoms with Crippen LogP contribution in [0.15, 0.2) is 54.5 Å². The molecule has 170 valence electrons. The molecule has 1 fully saturated rings. The van der Waals surface area contributed by atoms with Crippen LogP contribution in [0.5, 0.6) is 0 Å². The van der Waals surface area contributed by atoms with E-state index in [0.29, 0.717) is 18.3 Å². The highest BCUT2D eigenvalue weighted by Gasteiger charge is 2.21. The van der Waals surface area contributed by atoms with Crippen LogP contribution in [0.4, 0.5) is 5.69 Å². The van der Waals surface area contributed by atoms with Gasteiger partial charge in [-0.25, -0.2) is 0 Å². The Labute approximate surface area is 213 Å². The molecule has 0 unspecified atom stereocenters. The van der Waals surface area contributed by atoms with E-state index in [-0.39, 0.29) is 11.7 Å². The van der Waals surface area contributed by atoms with Gasteiger partial charge in [0.1, 0.15) is 5.76 Å². The van der Waals surface area contributed by atoms with Gasteiger partial charge in [0.15, 0.2) is 5.76 Å². The molecule has 1 saturated carbocycles. The minimum Gasteiger partial charge on any atom is -0.454 e. The predicted octanol–water partition coefficient (Wildman–Crippen LogP) is 6.83. The highest BCUT2D eigenvalue weighted by molar-refractivity contribution is 9.11. The zero-order valence-electron chi connectivity index (χ0n) is 17.8. The lowest BCUT2D eigenvalue weighted by Crippen LogP contribution is -2.33. The highest BCUT2D eigenvalue weighted by atomic mass is 79.9. The number of nitrogens with one attached hydrogen (secondary N) is 1. The molecule has 1 aliphatic rings. The largest absolute Gasteiger partial charge is 0.454 e. The lowest BCUT2D eigenvalue weighted by atomic mass is 9.94. The number of aromatic nitrogens is 2. The second kappa shape index (κ2) is 10.7. The molecule has 0 spiro atoms. The number of halogens is 3. The smallest absolute Gasteiger partial charge is 0.291 e. The summed E-state index contributed by atoms with van der Waals surface area (Å²) in [4.78, 5) is 15.4. The molecule has 3 aromatic rings. The van der Waals surface area contributed by atoms with E-state index in [1.165, 1.54) is 32.1 Å². The van der Waals surface area contributed by atoms with E-state index in [9.17, 15) is 4.79 Å². The van der Waals surface area contributed by atoms with Crippen molar-refractivity contribution in [1.29, 1.82) is 0 Å². The van der Waals surface area contributed by atoms with Crippen LogP contribution in [0.2, 0.25) is 0 Å². The van der Waals surface area contributed by atoms with Crippen molar-refractivity contribution in [1.82, 2.24) is 14.7 Å². The van der Waals surface area contributed by atoms with E-state index in [2.05, 4.69) is 76.2 Å². The van der Waals surface area contributed by atoms with Gasteiger partial charge < -0.3 is 9.73 Å². The molecular weight excluding hydrogens is 604 g/mol. The van der Waals surface area contributed by atoms with Crippen LogP contribution in [0, 0.1) is 0 Å². The molecule has 1 N–H and O–H groups in total. The average Bonchev–Trinajstić information content (AvgIpc) is 3.40. The first-order chi connectivity index (χ1) is 15.4. The quantitative estimate of drug-likeness (QED) is 0.312. The Morgan fingerprint density at radius 1 is 1.19 bits per heavy atom. The Hall–Kier alpha value is -1.42. The van der Waals surface area contributed by atoms with E-state index in [4.69, 9.17) is 4.42 Å². The summed E-state index contributed by atoms with van der Waals surface area (Å²) in [5.74, 6) is 0.660. The molecule has 32 heavy (non-hydrogen) atoms.